The lowest BCUT2D eigenvalue weighted by Crippen LogP contribution is -2.36. The summed E-state index contributed by atoms with van der Waals surface area (Å²) in [6.45, 7) is 10.3. The van der Waals surface area contributed by atoms with Crippen LogP contribution in [-0.2, 0) is 24.9 Å². The largest absolute Gasteiger partial charge is 0.361 e. The monoisotopic (exact) mass is 302 g/mol. The zero-order valence-corrected chi connectivity index (χ0v) is 13.6. The zero-order valence-electron chi connectivity index (χ0n) is 13.6. The predicted molar refractivity (Wildman–Crippen MR) is 82.6 cm³/mol. The van der Waals surface area contributed by atoms with Gasteiger partial charge in [-0.05, 0) is 13.3 Å². The lowest BCUT2D eigenvalue weighted by atomic mass is 9.95. The third kappa shape index (κ3) is 2.97. The number of aryl methyl sites for hydroxylation is 1. The Balaban J connectivity index is 1.85. The van der Waals surface area contributed by atoms with Crippen LogP contribution in [-0.4, -0.2) is 26.6 Å². The molecule has 6 heteroatoms. The molecular formula is C16H22N4O2. The van der Waals surface area contributed by atoms with Crippen molar-refractivity contribution in [2.45, 2.75) is 52.6 Å². The third-order valence-corrected chi connectivity index (χ3v) is 3.93. The molecule has 3 rings (SSSR count). The first-order valence-electron chi connectivity index (χ1n) is 7.60. The van der Waals surface area contributed by atoms with Crippen LogP contribution in [0, 0.1) is 6.92 Å². The summed E-state index contributed by atoms with van der Waals surface area (Å²) >= 11 is 0. The van der Waals surface area contributed by atoms with Gasteiger partial charge >= 0.3 is 0 Å². The van der Waals surface area contributed by atoms with E-state index in [9.17, 15) is 4.79 Å². The number of fused-ring (bicyclic) bond motifs is 1. The molecule has 1 N–H and O–H groups in total. The van der Waals surface area contributed by atoms with Crippen molar-refractivity contribution in [3.8, 4) is 0 Å². The molecule has 0 spiro atoms. The van der Waals surface area contributed by atoms with Crippen molar-refractivity contribution in [2.24, 2.45) is 0 Å². The number of hydrogen-bond donors (Lipinski definition) is 1. The van der Waals surface area contributed by atoms with Crippen molar-refractivity contribution < 1.29 is 4.52 Å². The third-order valence-electron chi connectivity index (χ3n) is 3.93. The summed E-state index contributed by atoms with van der Waals surface area (Å²) in [6, 6.07) is 1.95. The molecule has 3 heterocycles. The van der Waals surface area contributed by atoms with Crippen LogP contribution in [0.1, 0.15) is 49.3 Å². The number of aromatic nitrogens is 3. The van der Waals surface area contributed by atoms with E-state index < -0.39 is 0 Å². The minimum Gasteiger partial charge on any atom is -0.361 e. The highest BCUT2D eigenvalue weighted by atomic mass is 16.5. The van der Waals surface area contributed by atoms with Crippen LogP contribution in [0.25, 0.3) is 0 Å². The average Bonchev–Trinajstić information content (AvgIpc) is 2.82. The number of H-pyrrole nitrogens is 1. The van der Waals surface area contributed by atoms with E-state index in [1.54, 1.807) is 0 Å². The first kappa shape index (κ1) is 15.0. The highest BCUT2D eigenvalue weighted by Crippen LogP contribution is 2.21. The summed E-state index contributed by atoms with van der Waals surface area (Å²) in [5.41, 5.74) is 2.47. The Labute approximate surface area is 129 Å². The van der Waals surface area contributed by atoms with Crippen molar-refractivity contribution >= 4 is 0 Å². The fourth-order valence-electron chi connectivity index (χ4n) is 2.71. The lowest BCUT2D eigenvalue weighted by Gasteiger charge is -2.28. The quantitative estimate of drug-likeness (QED) is 0.917. The SMILES string of the molecule is Cc1cc(CN2CCc3c(nc(C(C)(C)C)[nH]c3=O)C2)no1. The van der Waals surface area contributed by atoms with E-state index in [0.29, 0.717) is 6.54 Å². The Morgan fingerprint density at radius 1 is 1.41 bits per heavy atom. The standard InChI is InChI=1S/C16H22N4O2/c1-10-7-11(19-22-10)8-20-6-5-12-13(9-20)17-15(16(2,3)4)18-14(12)21/h7H,5-6,8-9H2,1-4H3,(H,17,18,21). The van der Waals surface area contributed by atoms with Crippen molar-refractivity contribution in [3.63, 3.8) is 0 Å². The maximum absolute atomic E-state index is 12.3. The van der Waals surface area contributed by atoms with E-state index >= 15 is 0 Å². The van der Waals surface area contributed by atoms with Gasteiger partial charge in [-0.3, -0.25) is 9.69 Å². The van der Waals surface area contributed by atoms with Gasteiger partial charge in [0.05, 0.1) is 11.4 Å². The molecule has 0 amide bonds. The summed E-state index contributed by atoms with van der Waals surface area (Å²) in [6.07, 6.45) is 0.721. The molecule has 0 saturated carbocycles. The Bertz CT molecular complexity index is 739. The molecule has 0 aromatic carbocycles. The van der Waals surface area contributed by atoms with Crippen molar-refractivity contribution in [1.29, 1.82) is 0 Å². The second kappa shape index (κ2) is 5.35. The van der Waals surface area contributed by atoms with Gasteiger partial charge in [-0.2, -0.15) is 0 Å². The van der Waals surface area contributed by atoms with E-state index in [0.717, 1.165) is 48.0 Å². The van der Waals surface area contributed by atoms with Crippen LogP contribution in [0.4, 0.5) is 0 Å². The first-order valence-corrected chi connectivity index (χ1v) is 7.60. The van der Waals surface area contributed by atoms with Crippen LogP contribution in [0.3, 0.4) is 0 Å². The lowest BCUT2D eigenvalue weighted by molar-refractivity contribution is 0.231. The average molecular weight is 302 g/mol. The Morgan fingerprint density at radius 3 is 2.82 bits per heavy atom. The summed E-state index contributed by atoms with van der Waals surface area (Å²) in [7, 11) is 0. The van der Waals surface area contributed by atoms with Gasteiger partial charge in [-0.25, -0.2) is 4.98 Å². The molecule has 0 atom stereocenters. The maximum Gasteiger partial charge on any atom is 0.254 e. The molecule has 0 radical (unpaired) electrons. The highest BCUT2D eigenvalue weighted by Gasteiger charge is 2.25. The molecule has 0 unspecified atom stereocenters. The van der Waals surface area contributed by atoms with Crippen molar-refractivity contribution in [2.75, 3.05) is 6.54 Å². The molecule has 2 aromatic heterocycles. The number of nitrogens with zero attached hydrogens (tertiary/aromatic N) is 3. The van der Waals surface area contributed by atoms with Gasteiger partial charge in [0, 0.05) is 36.7 Å². The molecule has 2 aromatic rings. The Morgan fingerprint density at radius 2 is 2.18 bits per heavy atom. The molecule has 1 aliphatic rings. The smallest absolute Gasteiger partial charge is 0.254 e. The fourth-order valence-corrected chi connectivity index (χ4v) is 2.71. The summed E-state index contributed by atoms with van der Waals surface area (Å²) in [5.74, 6) is 1.56. The van der Waals surface area contributed by atoms with Gasteiger partial charge in [-0.15, -0.1) is 0 Å². The fraction of sp³-hybridized carbons (Fsp3) is 0.562. The molecular weight excluding hydrogens is 280 g/mol. The van der Waals surface area contributed by atoms with Crippen LogP contribution < -0.4 is 5.56 Å². The topological polar surface area (TPSA) is 75.0 Å². The van der Waals surface area contributed by atoms with Gasteiger partial charge in [0.2, 0.25) is 0 Å². The van der Waals surface area contributed by atoms with Crippen LogP contribution >= 0.6 is 0 Å². The number of nitrogens with one attached hydrogen (secondary N) is 1. The van der Waals surface area contributed by atoms with Gasteiger partial charge in [-0.1, -0.05) is 25.9 Å². The van der Waals surface area contributed by atoms with Crippen molar-refractivity contribution in [3.05, 3.63) is 45.0 Å². The Hall–Kier alpha value is -1.95. The van der Waals surface area contributed by atoms with Gasteiger partial charge < -0.3 is 9.51 Å². The van der Waals surface area contributed by atoms with Crippen LogP contribution in [0.2, 0.25) is 0 Å². The Kier molecular flexibility index (Phi) is 3.64. The highest BCUT2D eigenvalue weighted by molar-refractivity contribution is 5.23. The molecule has 0 saturated heterocycles. The second-order valence-corrected chi connectivity index (χ2v) is 6.98. The molecule has 1 aliphatic heterocycles. The van der Waals surface area contributed by atoms with Gasteiger partial charge in [0.15, 0.2) is 0 Å². The second-order valence-electron chi connectivity index (χ2n) is 6.98. The van der Waals surface area contributed by atoms with E-state index in [-0.39, 0.29) is 11.0 Å². The first-order chi connectivity index (χ1) is 10.3. The molecule has 0 bridgehead atoms. The van der Waals surface area contributed by atoms with Gasteiger partial charge in [0.25, 0.3) is 5.56 Å². The van der Waals surface area contributed by atoms with E-state index in [1.165, 1.54) is 0 Å². The maximum atomic E-state index is 12.3. The normalized spacial score (nSPS) is 15.8. The minimum absolute atomic E-state index is 0.00635. The number of rotatable bonds is 2. The van der Waals surface area contributed by atoms with E-state index in [2.05, 4.69) is 35.8 Å². The van der Waals surface area contributed by atoms with Gasteiger partial charge in [0.1, 0.15) is 11.6 Å². The molecule has 22 heavy (non-hydrogen) atoms. The molecule has 0 fully saturated rings. The van der Waals surface area contributed by atoms with Crippen LogP contribution in [0.5, 0.6) is 0 Å². The molecule has 118 valence electrons. The van der Waals surface area contributed by atoms with Crippen LogP contribution in [0.15, 0.2) is 15.4 Å². The molecule has 0 aliphatic carbocycles. The predicted octanol–water partition coefficient (Wildman–Crippen LogP) is 1.92. The van der Waals surface area contributed by atoms with Crippen molar-refractivity contribution in [1.82, 2.24) is 20.0 Å². The number of hydrogen-bond acceptors (Lipinski definition) is 5. The summed E-state index contributed by atoms with van der Waals surface area (Å²) < 4.78 is 5.11. The zero-order chi connectivity index (χ0) is 15.9. The minimum atomic E-state index is -0.167. The summed E-state index contributed by atoms with van der Waals surface area (Å²) in [5, 5.41) is 4.04. The number of aromatic amines is 1. The molecule has 6 nitrogen and oxygen atoms in total. The summed E-state index contributed by atoms with van der Waals surface area (Å²) in [4.78, 5) is 22.1. The van der Waals surface area contributed by atoms with E-state index in [4.69, 9.17) is 9.51 Å². The van der Waals surface area contributed by atoms with E-state index in [1.807, 2.05) is 13.0 Å².